The van der Waals surface area contributed by atoms with E-state index >= 15 is 0 Å². The molecule has 1 unspecified atom stereocenters. The van der Waals surface area contributed by atoms with Crippen LogP contribution in [0.3, 0.4) is 0 Å². The van der Waals surface area contributed by atoms with Crippen LogP contribution >= 0.6 is 0 Å². The van der Waals surface area contributed by atoms with Gasteiger partial charge in [0.25, 0.3) is 8.32 Å². The molecule has 0 N–H and O–H groups in total. The van der Waals surface area contributed by atoms with Gasteiger partial charge in [0, 0.05) is 7.11 Å². The molecule has 0 heterocycles. The van der Waals surface area contributed by atoms with Crippen molar-refractivity contribution < 1.29 is 9.16 Å². The van der Waals surface area contributed by atoms with E-state index in [0.717, 1.165) is 12.8 Å². The molecule has 2 nitrogen and oxygen atoms in total. The minimum absolute atomic E-state index is 0.0541. The van der Waals surface area contributed by atoms with Gasteiger partial charge in [-0.3, -0.25) is 0 Å². The molecule has 0 saturated heterocycles. The van der Waals surface area contributed by atoms with E-state index in [1.807, 2.05) is 6.07 Å². The fraction of sp³-hybridized carbons (Fsp3) is 0.467. The van der Waals surface area contributed by atoms with Crippen LogP contribution in [-0.2, 0) is 15.6 Å². The molecule has 0 aromatic heterocycles. The molecule has 0 radical (unpaired) electrons. The van der Waals surface area contributed by atoms with Gasteiger partial charge in [-0.15, -0.1) is 0 Å². The average molecular weight is 262 g/mol. The number of ether oxygens (including phenoxy) is 1. The standard InChI is InChI=1S/C15H22O2Si/c1-16-15(12-13-17-18(2,3)4)11-10-14-8-6-5-7-9-14/h5-9,15H,10-11H2,1-4H3. The minimum atomic E-state index is -1.55. The molecular formula is C15H22O2Si. The maximum atomic E-state index is 5.51. The number of methoxy groups -OCH3 is 1. The Kier molecular flexibility index (Phi) is 5.97. The van der Waals surface area contributed by atoms with Crippen LogP contribution in [0.2, 0.25) is 19.6 Å². The van der Waals surface area contributed by atoms with Crippen LogP contribution in [0, 0.1) is 12.0 Å². The van der Waals surface area contributed by atoms with E-state index in [-0.39, 0.29) is 6.10 Å². The number of aryl methyl sites for hydroxylation is 1. The van der Waals surface area contributed by atoms with Crippen LogP contribution in [0.25, 0.3) is 0 Å². The predicted molar refractivity (Wildman–Crippen MR) is 77.8 cm³/mol. The lowest BCUT2D eigenvalue weighted by Crippen LogP contribution is -2.22. The highest BCUT2D eigenvalue weighted by molar-refractivity contribution is 6.70. The van der Waals surface area contributed by atoms with Gasteiger partial charge in [-0.1, -0.05) is 30.3 Å². The van der Waals surface area contributed by atoms with E-state index in [0.29, 0.717) is 0 Å². The molecular weight excluding hydrogens is 240 g/mol. The molecule has 0 fully saturated rings. The third kappa shape index (κ3) is 6.48. The summed E-state index contributed by atoms with van der Waals surface area (Å²) in [7, 11) is 0.140. The molecule has 1 aromatic carbocycles. The Bertz CT molecular complexity index is 398. The highest BCUT2D eigenvalue weighted by Gasteiger charge is 2.14. The SMILES string of the molecule is COC(C#CO[Si](C)(C)C)CCc1ccccc1. The fourth-order valence-corrected chi connectivity index (χ4v) is 1.80. The zero-order valence-electron chi connectivity index (χ0n) is 11.7. The largest absolute Gasteiger partial charge is 0.501 e. The lowest BCUT2D eigenvalue weighted by atomic mass is 10.1. The third-order valence-corrected chi connectivity index (χ3v) is 3.11. The summed E-state index contributed by atoms with van der Waals surface area (Å²) in [5, 5.41) is 0. The molecule has 0 bridgehead atoms. The molecule has 3 heteroatoms. The zero-order valence-corrected chi connectivity index (χ0v) is 12.7. The number of hydrogen-bond acceptors (Lipinski definition) is 2. The Morgan fingerprint density at radius 3 is 2.39 bits per heavy atom. The van der Waals surface area contributed by atoms with E-state index in [1.54, 1.807) is 7.11 Å². The Labute approximate surface area is 111 Å². The highest BCUT2D eigenvalue weighted by Crippen LogP contribution is 2.07. The topological polar surface area (TPSA) is 18.5 Å². The van der Waals surface area contributed by atoms with Crippen molar-refractivity contribution in [3.8, 4) is 12.0 Å². The van der Waals surface area contributed by atoms with Gasteiger partial charge in [-0.2, -0.15) is 0 Å². The second kappa shape index (κ2) is 7.25. The molecule has 0 aliphatic carbocycles. The van der Waals surface area contributed by atoms with Crippen LogP contribution in [0.4, 0.5) is 0 Å². The second-order valence-electron chi connectivity index (χ2n) is 5.21. The first-order valence-corrected chi connectivity index (χ1v) is 9.67. The van der Waals surface area contributed by atoms with Crippen molar-refractivity contribution in [2.75, 3.05) is 7.11 Å². The van der Waals surface area contributed by atoms with Crippen LogP contribution in [0.1, 0.15) is 12.0 Å². The lowest BCUT2D eigenvalue weighted by Gasteiger charge is -2.12. The molecule has 0 aliphatic heterocycles. The van der Waals surface area contributed by atoms with Crippen LogP contribution in [0.15, 0.2) is 30.3 Å². The molecule has 1 atom stereocenters. The van der Waals surface area contributed by atoms with Crippen molar-refractivity contribution in [2.24, 2.45) is 0 Å². The summed E-state index contributed by atoms with van der Waals surface area (Å²) >= 11 is 0. The molecule has 1 aromatic rings. The smallest absolute Gasteiger partial charge is 0.255 e. The molecule has 0 saturated carbocycles. The first kappa shape index (κ1) is 14.8. The van der Waals surface area contributed by atoms with Gasteiger partial charge in [0.05, 0.1) is 6.11 Å². The van der Waals surface area contributed by atoms with Gasteiger partial charge in [0.2, 0.25) is 0 Å². The van der Waals surface area contributed by atoms with Gasteiger partial charge >= 0.3 is 0 Å². The quantitative estimate of drug-likeness (QED) is 0.598. The Balaban J connectivity index is 2.43. The van der Waals surface area contributed by atoms with E-state index in [4.69, 9.17) is 9.16 Å². The van der Waals surface area contributed by atoms with Crippen molar-refractivity contribution in [1.82, 2.24) is 0 Å². The van der Waals surface area contributed by atoms with Gasteiger partial charge in [0.1, 0.15) is 6.10 Å². The zero-order chi connectivity index (χ0) is 13.4. The van der Waals surface area contributed by atoms with Crippen LogP contribution < -0.4 is 0 Å². The van der Waals surface area contributed by atoms with Crippen LogP contribution in [0.5, 0.6) is 0 Å². The van der Waals surface area contributed by atoms with Gasteiger partial charge in [-0.25, -0.2) is 0 Å². The molecule has 0 spiro atoms. The Morgan fingerprint density at radius 2 is 1.83 bits per heavy atom. The van der Waals surface area contributed by atoms with Crippen molar-refractivity contribution in [1.29, 1.82) is 0 Å². The van der Waals surface area contributed by atoms with E-state index < -0.39 is 8.32 Å². The van der Waals surface area contributed by atoms with Crippen molar-refractivity contribution >= 4 is 8.32 Å². The lowest BCUT2D eigenvalue weighted by molar-refractivity contribution is 0.140. The molecule has 1 rings (SSSR count). The molecule has 18 heavy (non-hydrogen) atoms. The van der Waals surface area contributed by atoms with Crippen molar-refractivity contribution in [3.63, 3.8) is 0 Å². The van der Waals surface area contributed by atoms with Gasteiger partial charge < -0.3 is 9.16 Å². The second-order valence-corrected chi connectivity index (χ2v) is 9.64. The van der Waals surface area contributed by atoms with Gasteiger partial charge in [-0.05, 0) is 44.0 Å². The number of hydrogen-bond donors (Lipinski definition) is 0. The summed E-state index contributed by atoms with van der Waals surface area (Å²) in [5.74, 6) is 3.04. The fourth-order valence-electron chi connectivity index (χ4n) is 1.44. The normalized spacial score (nSPS) is 12.4. The highest BCUT2D eigenvalue weighted by atomic mass is 28.4. The summed E-state index contributed by atoms with van der Waals surface area (Å²) in [6.07, 6.45) is 4.61. The summed E-state index contributed by atoms with van der Waals surface area (Å²) in [5.41, 5.74) is 1.31. The van der Waals surface area contributed by atoms with Crippen molar-refractivity contribution in [3.05, 3.63) is 35.9 Å². The predicted octanol–water partition coefficient (Wildman–Crippen LogP) is 3.45. The third-order valence-electron chi connectivity index (χ3n) is 2.40. The van der Waals surface area contributed by atoms with Gasteiger partial charge in [0.15, 0.2) is 0 Å². The first-order valence-electron chi connectivity index (χ1n) is 6.26. The van der Waals surface area contributed by atoms with E-state index in [2.05, 4.69) is 55.9 Å². The van der Waals surface area contributed by atoms with E-state index in [9.17, 15) is 0 Å². The summed E-state index contributed by atoms with van der Waals surface area (Å²) in [6, 6.07) is 10.4. The maximum absolute atomic E-state index is 5.51. The summed E-state index contributed by atoms with van der Waals surface area (Å²) < 4.78 is 10.9. The summed E-state index contributed by atoms with van der Waals surface area (Å²) in [4.78, 5) is 0. The van der Waals surface area contributed by atoms with Crippen LogP contribution in [-0.4, -0.2) is 21.5 Å². The first-order chi connectivity index (χ1) is 8.51. The van der Waals surface area contributed by atoms with E-state index in [1.165, 1.54) is 5.56 Å². The molecule has 98 valence electrons. The van der Waals surface area contributed by atoms with Crippen molar-refractivity contribution in [2.45, 2.75) is 38.6 Å². The number of benzene rings is 1. The molecule has 0 amide bonds. The molecule has 0 aliphatic rings. The minimum Gasteiger partial charge on any atom is -0.501 e. The summed E-state index contributed by atoms with van der Waals surface area (Å²) in [6.45, 7) is 6.36. The average Bonchev–Trinajstić information content (AvgIpc) is 2.33. The Morgan fingerprint density at radius 1 is 1.17 bits per heavy atom. The number of rotatable bonds is 5. The Hall–Kier alpha value is -1.24. The monoisotopic (exact) mass is 262 g/mol. The maximum Gasteiger partial charge on any atom is 0.255 e.